The Hall–Kier alpha value is -1.77. The van der Waals surface area contributed by atoms with Crippen LogP contribution in [0.4, 0.5) is 0 Å². The summed E-state index contributed by atoms with van der Waals surface area (Å²) < 4.78 is 28.7. The van der Waals surface area contributed by atoms with Gasteiger partial charge in [-0.25, -0.2) is 18.4 Å². The molecule has 0 saturated carbocycles. The molecule has 3 rings (SSSR count). The monoisotopic (exact) mass is 323 g/mol. The zero-order valence-corrected chi connectivity index (χ0v) is 13.0. The zero-order chi connectivity index (χ0) is 15.2. The lowest BCUT2D eigenvalue weighted by atomic mass is 10.3. The molecule has 2 heterocycles. The highest BCUT2D eigenvalue weighted by Gasteiger charge is 2.15. The lowest BCUT2D eigenvalue weighted by Gasteiger charge is -1.95. The summed E-state index contributed by atoms with van der Waals surface area (Å²) >= 11 is 1.44. The predicted octanol–water partition coefficient (Wildman–Crippen LogP) is 2.37. The van der Waals surface area contributed by atoms with Crippen LogP contribution in [0.1, 0.15) is 18.0 Å². The van der Waals surface area contributed by atoms with Crippen molar-refractivity contribution in [3.63, 3.8) is 0 Å². The summed E-state index contributed by atoms with van der Waals surface area (Å²) in [5.41, 5.74) is 7.39. The van der Waals surface area contributed by atoms with E-state index < -0.39 is 9.84 Å². The second kappa shape index (κ2) is 4.90. The first-order chi connectivity index (χ1) is 9.84. The minimum Gasteiger partial charge on any atom is -0.435 e. The van der Waals surface area contributed by atoms with Crippen LogP contribution in [-0.4, -0.2) is 24.6 Å². The highest BCUT2D eigenvalue weighted by atomic mass is 32.2. The van der Waals surface area contributed by atoms with Gasteiger partial charge >= 0.3 is 0 Å². The Morgan fingerprint density at radius 2 is 2.10 bits per heavy atom. The number of oxazole rings is 1. The minimum absolute atomic E-state index is 0.148. The topological polar surface area (TPSA) is 99.1 Å². The molecule has 0 amide bonds. The minimum atomic E-state index is -3.27. The molecular weight excluding hydrogens is 310 g/mol. The molecular formula is C13H13N3O3S2. The number of thiazole rings is 1. The molecule has 6 nitrogen and oxygen atoms in total. The van der Waals surface area contributed by atoms with Crippen molar-refractivity contribution in [3.8, 4) is 11.6 Å². The largest absolute Gasteiger partial charge is 0.435 e. The van der Waals surface area contributed by atoms with E-state index in [1.165, 1.54) is 23.5 Å². The SMILES string of the molecule is CC(N)c1nc(-c2nc3cc(S(C)(=O)=O)ccc3o2)cs1. The van der Waals surface area contributed by atoms with E-state index in [1.807, 2.05) is 12.3 Å². The van der Waals surface area contributed by atoms with Crippen molar-refractivity contribution in [2.75, 3.05) is 6.26 Å². The van der Waals surface area contributed by atoms with Crippen molar-refractivity contribution in [3.05, 3.63) is 28.6 Å². The molecule has 8 heteroatoms. The Morgan fingerprint density at radius 1 is 1.33 bits per heavy atom. The van der Waals surface area contributed by atoms with E-state index in [9.17, 15) is 8.42 Å². The molecule has 0 radical (unpaired) electrons. The fourth-order valence-corrected chi connectivity index (χ4v) is 3.23. The van der Waals surface area contributed by atoms with Gasteiger partial charge in [0.05, 0.1) is 10.9 Å². The van der Waals surface area contributed by atoms with Crippen LogP contribution in [0.3, 0.4) is 0 Å². The number of aromatic nitrogens is 2. The summed E-state index contributed by atoms with van der Waals surface area (Å²) in [6, 6.07) is 4.45. The standard InChI is InChI=1S/C13H13N3O3S2/c1-7(14)13-16-10(6-20-13)12-15-9-5-8(21(2,17)18)3-4-11(9)19-12/h3-7H,14H2,1-2H3. The van der Waals surface area contributed by atoms with Crippen molar-refractivity contribution in [2.24, 2.45) is 5.73 Å². The summed E-state index contributed by atoms with van der Waals surface area (Å²) in [5.74, 6) is 0.360. The Balaban J connectivity index is 2.08. The first-order valence-electron chi connectivity index (χ1n) is 6.16. The lowest BCUT2D eigenvalue weighted by Crippen LogP contribution is -2.03. The molecule has 0 fully saturated rings. The van der Waals surface area contributed by atoms with Gasteiger partial charge in [0, 0.05) is 11.6 Å². The summed E-state index contributed by atoms with van der Waals surface area (Å²) in [6.45, 7) is 1.85. The molecule has 2 N–H and O–H groups in total. The van der Waals surface area contributed by atoms with E-state index in [2.05, 4.69) is 9.97 Å². The Labute approximate surface area is 125 Å². The number of nitrogens with two attached hydrogens (primary N) is 1. The van der Waals surface area contributed by atoms with Gasteiger partial charge in [-0.15, -0.1) is 11.3 Å². The molecule has 0 spiro atoms. The quantitative estimate of drug-likeness (QED) is 0.794. The van der Waals surface area contributed by atoms with Crippen LogP contribution in [0.25, 0.3) is 22.7 Å². The van der Waals surface area contributed by atoms with Gasteiger partial charge in [-0.05, 0) is 25.1 Å². The maximum absolute atomic E-state index is 11.5. The van der Waals surface area contributed by atoms with Gasteiger partial charge in [0.1, 0.15) is 16.2 Å². The van der Waals surface area contributed by atoms with E-state index in [4.69, 9.17) is 10.2 Å². The van der Waals surface area contributed by atoms with E-state index in [1.54, 1.807) is 6.07 Å². The molecule has 0 bridgehead atoms. The fourth-order valence-electron chi connectivity index (χ4n) is 1.84. The second-order valence-corrected chi connectivity index (χ2v) is 7.69. The van der Waals surface area contributed by atoms with Gasteiger partial charge in [-0.1, -0.05) is 0 Å². The molecule has 3 aromatic rings. The summed E-state index contributed by atoms with van der Waals surface area (Å²) in [4.78, 5) is 8.88. The molecule has 21 heavy (non-hydrogen) atoms. The third-order valence-corrected chi connectivity index (χ3v) is 5.07. The van der Waals surface area contributed by atoms with Crippen LogP contribution in [0.5, 0.6) is 0 Å². The number of sulfone groups is 1. The molecule has 0 saturated heterocycles. The average molecular weight is 323 g/mol. The zero-order valence-electron chi connectivity index (χ0n) is 11.4. The van der Waals surface area contributed by atoms with Crippen LogP contribution in [0, 0.1) is 0 Å². The number of benzene rings is 1. The number of hydrogen-bond donors (Lipinski definition) is 1. The Bertz CT molecular complexity index is 910. The van der Waals surface area contributed by atoms with Crippen molar-refractivity contribution in [2.45, 2.75) is 17.9 Å². The van der Waals surface area contributed by atoms with Crippen LogP contribution in [0.15, 0.2) is 32.9 Å². The van der Waals surface area contributed by atoms with Crippen LogP contribution >= 0.6 is 11.3 Å². The van der Waals surface area contributed by atoms with E-state index in [0.717, 1.165) is 11.3 Å². The van der Waals surface area contributed by atoms with Gasteiger partial charge in [0.15, 0.2) is 15.4 Å². The third kappa shape index (κ3) is 2.69. The highest BCUT2D eigenvalue weighted by Crippen LogP contribution is 2.28. The van der Waals surface area contributed by atoms with Crippen molar-refractivity contribution < 1.29 is 12.8 Å². The molecule has 0 aliphatic heterocycles. The molecule has 1 aromatic carbocycles. The predicted molar refractivity (Wildman–Crippen MR) is 80.8 cm³/mol. The smallest absolute Gasteiger partial charge is 0.247 e. The first-order valence-corrected chi connectivity index (χ1v) is 8.94. The van der Waals surface area contributed by atoms with E-state index >= 15 is 0 Å². The number of hydrogen-bond acceptors (Lipinski definition) is 7. The van der Waals surface area contributed by atoms with Gasteiger partial charge in [-0.3, -0.25) is 0 Å². The molecule has 0 aliphatic carbocycles. The van der Waals surface area contributed by atoms with Crippen molar-refractivity contribution in [1.82, 2.24) is 9.97 Å². The maximum Gasteiger partial charge on any atom is 0.247 e. The van der Waals surface area contributed by atoms with Crippen molar-refractivity contribution >= 4 is 32.3 Å². The van der Waals surface area contributed by atoms with Gasteiger partial charge < -0.3 is 10.2 Å². The van der Waals surface area contributed by atoms with Gasteiger partial charge in [-0.2, -0.15) is 0 Å². The Morgan fingerprint density at radius 3 is 2.71 bits per heavy atom. The normalized spacial score (nSPS) is 13.7. The Kier molecular flexibility index (Phi) is 3.31. The first kappa shape index (κ1) is 14.2. The van der Waals surface area contributed by atoms with Crippen LogP contribution in [0.2, 0.25) is 0 Å². The maximum atomic E-state index is 11.5. The number of nitrogens with zero attached hydrogens (tertiary/aromatic N) is 2. The highest BCUT2D eigenvalue weighted by molar-refractivity contribution is 7.90. The number of rotatable bonds is 3. The molecule has 110 valence electrons. The van der Waals surface area contributed by atoms with Gasteiger partial charge in [0.25, 0.3) is 0 Å². The van der Waals surface area contributed by atoms with Crippen LogP contribution < -0.4 is 5.73 Å². The summed E-state index contributed by atoms with van der Waals surface area (Å²) in [7, 11) is -3.27. The average Bonchev–Trinajstić information content (AvgIpc) is 3.03. The third-order valence-electron chi connectivity index (χ3n) is 2.92. The molecule has 2 aromatic heterocycles. The lowest BCUT2D eigenvalue weighted by molar-refractivity contribution is 0.602. The molecule has 1 unspecified atom stereocenters. The number of fused-ring (bicyclic) bond motifs is 1. The molecule has 0 aliphatic rings. The molecule has 1 atom stereocenters. The second-order valence-electron chi connectivity index (χ2n) is 4.78. The summed E-state index contributed by atoms with van der Waals surface area (Å²) in [5, 5.41) is 2.62. The van der Waals surface area contributed by atoms with E-state index in [-0.39, 0.29) is 10.9 Å². The van der Waals surface area contributed by atoms with E-state index in [0.29, 0.717) is 22.7 Å². The van der Waals surface area contributed by atoms with Gasteiger partial charge in [0.2, 0.25) is 5.89 Å². The van der Waals surface area contributed by atoms with Crippen LogP contribution in [-0.2, 0) is 9.84 Å². The fraction of sp³-hybridized carbons (Fsp3) is 0.231. The summed E-state index contributed by atoms with van der Waals surface area (Å²) in [6.07, 6.45) is 1.16. The van der Waals surface area contributed by atoms with Crippen molar-refractivity contribution in [1.29, 1.82) is 0 Å².